The van der Waals surface area contributed by atoms with Gasteiger partial charge < -0.3 is 0 Å². The van der Waals surface area contributed by atoms with Gasteiger partial charge in [0, 0.05) is 5.41 Å². The van der Waals surface area contributed by atoms with Gasteiger partial charge in [-0.25, -0.2) is 8.78 Å². The van der Waals surface area contributed by atoms with Crippen molar-refractivity contribution in [1.29, 1.82) is 0 Å². The molecule has 0 saturated heterocycles. The molecule has 23 heavy (non-hydrogen) atoms. The van der Waals surface area contributed by atoms with Gasteiger partial charge in [0.15, 0.2) is 0 Å². The van der Waals surface area contributed by atoms with Crippen LogP contribution < -0.4 is 0 Å². The summed E-state index contributed by atoms with van der Waals surface area (Å²) in [5.41, 5.74) is 0.251. The predicted octanol–water partition coefficient (Wildman–Crippen LogP) is 6.34. The fourth-order valence-corrected chi connectivity index (χ4v) is 7.68. The molecule has 0 bridgehead atoms. The Morgan fingerprint density at radius 3 is 2.26 bits per heavy atom. The molecule has 0 radical (unpaired) electrons. The lowest BCUT2D eigenvalue weighted by atomic mass is 9.42. The fraction of sp³-hybridized carbons (Fsp3) is 1.00. The molecule has 2 heteroatoms. The van der Waals surface area contributed by atoms with Crippen LogP contribution in [0.5, 0.6) is 0 Å². The van der Waals surface area contributed by atoms with Crippen LogP contribution in [0.1, 0.15) is 78.6 Å². The number of alkyl halides is 2. The maximum Gasteiger partial charge on any atom is 0.108 e. The van der Waals surface area contributed by atoms with E-state index in [1.54, 1.807) is 0 Å². The summed E-state index contributed by atoms with van der Waals surface area (Å²) in [5.74, 6) is 2.83. The minimum atomic E-state index is -0.616. The summed E-state index contributed by atoms with van der Waals surface area (Å²) in [6.45, 7) is 6.82. The van der Waals surface area contributed by atoms with Gasteiger partial charge in [0.1, 0.15) is 12.3 Å². The standard InChI is InChI=1S/C21H34F2/c1-13-4-7-17-16-6-5-14-12-15(22)8-10-20(14,2)18(16)9-11-21(17,3)19(13)23/h13-19H,4-12H2,1-3H3. The van der Waals surface area contributed by atoms with Crippen LogP contribution in [0.4, 0.5) is 8.78 Å². The van der Waals surface area contributed by atoms with E-state index in [0.29, 0.717) is 23.2 Å². The van der Waals surface area contributed by atoms with Gasteiger partial charge >= 0.3 is 0 Å². The minimum absolute atomic E-state index is 0.0840. The Bertz CT molecular complexity index is 463. The van der Waals surface area contributed by atoms with E-state index in [9.17, 15) is 4.39 Å². The quantitative estimate of drug-likeness (QED) is 0.487. The first-order valence-electron chi connectivity index (χ1n) is 10.1. The molecule has 0 aromatic heterocycles. The van der Waals surface area contributed by atoms with Crippen molar-refractivity contribution >= 4 is 0 Å². The van der Waals surface area contributed by atoms with Gasteiger partial charge in [-0.15, -0.1) is 0 Å². The number of hydrogen-bond acceptors (Lipinski definition) is 0. The Hall–Kier alpha value is -0.140. The summed E-state index contributed by atoms with van der Waals surface area (Å²) in [6, 6.07) is 0. The molecule has 0 N–H and O–H groups in total. The molecule has 0 spiro atoms. The molecule has 9 atom stereocenters. The van der Waals surface area contributed by atoms with Gasteiger partial charge in [-0.2, -0.15) is 0 Å². The lowest BCUT2D eigenvalue weighted by Crippen LogP contribution is -2.57. The maximum absolute atomic E-state index is 15.1. The number of halogens is 2. The summed E-state index contributed by atoms with van der Waals surface area (Å²) < 4.78 is 29.0. The summed E-state index contributed by atoms with van der Waals surface area (Å²) >= 11 is 0. The molecule has 4 aliphatic rings. The van der Waals surface area contributed by atoms with Crippen molar-refractivity contribution in [3.63, 3.8) is 0 Å². The SMILES string of the molecule is CC1CCC2C3CCC4CC(F)CCC4(C)C3CCC2(C)C1F. The molecule has 0 nitrogen and oxygen atoms in total. The van der Waals surface area contributed by atoms with Crippen LogP contribution in [0.3, 0.4) is 0 Å². The second kappa shape index (κ2) is 5.43. The second-order valence-electron chi connectivity index (χ2n) is 10.0. The number of hydrogen-bond donors (Lipinski definition) is 0. The van der Waals surface area contributed by atoms with Crippen LogP contribution in [0, 0.1) is 40.4 Å². The van der Waals surface area contributed by atoms with Gasteiger partial charge in [0.05, 0.1) is 0 Å². The van der Waals surface area contributed by atoms with E-state index in [4.69, 9.17) is 0 Å². The van der Waals surface area contributed by atoms with Gasteiger partial charge in [-0.1, -0.05) is 20.8 Å². The summed E-state index contributed by atoms with van der Waals surface area (Å²) in [7, 11) is 0. The fourth-order valence-electron chi connectivity index (χ4n) is 7.68. The molecule has 0 aromatic carbocycles. The van der Waals surface area contributed by atoms with E-state index >= 15 is 4.39 Å². The summed E-state index contributed by atoms with van der Waals surface area (Å²) in [4.78, 5) is 0. The van der Waals surface area contributed by atoms with Crippen molar-refractivity contribution in [3.05, 3.63) is 0 Å². The largest absolute Gasteiger partial charge is 0.247 e. The van der Waals surface area contributed by atoms with E-state index in [2.05, 4.69) is 20.8 Å². The Labute approximate surface area is 140 Å². The monoisotopic (exact) mass is 324 g/mol. The smallest absolute Gasteiger partial charge is 0.108 e. The minimum Gasteiger partial charge on any atom is -0.247 e. The molecule has 4 saturated carbocycles. The molecule has 132 valence electrons. The van der Waals surface area contributed by atoms with Crippen LogP contribution in [0.15, 0.2) is 0 Å². The lowest BCUT2D eigenvalue weighted by molar-refractivity contribution is -0.158. The van der Waals surface area contributed by atoms with Crippen molar-refractivity contribution in [3.8, 4) is 0 Å². The topological polar surface area (TPSA) is 0 Å². The van der Waals surface area contributed by atoms with Crippen molar-refractivity contribution in [2.45, 2.75) is 90.9 Å². The van der Waals surface area contributed by atoms with Crippen LogP contribution in [0.25, 0.3) is 0 Å². The molecular formula is C21H34F2. The highest BCUT2D eigenvalue weighted by molar-refractivity contribution is 5.09. The van der Waals surface area contributed by atoms with Gasteiger partial charge in [0.2, 0.25) is 0 Å². The van der Waals surface area contributed by atoms with E-state index in [0.717, 1.165) is 38.0 Å². The number of rotatable bonds is 0. The third-order valence-corrected chi connectivity index (χ3v) is 9.10. The zero-order valence-electron chi connectivity index (χ0n) is 15.2. The zero-order valence-corrected chi connectivity index (χ0v) is 15.2. The normalized spacial score (nSPS) is 59.6. The highest BCUT2D eigenvalue weighted by atomic mass is 19.1. The molecule has 9 unspecified atom stereocenters. The van der Waals surface area contributed by atoms with Crippen molar-refractivity contribution < 1.29 is 8.78 Å². The molecule has 0 aliphatic heterocycles. The Balaban J connectivity index is 1.62. The van der Waals surface area contributed by atoms with E-state index in [1.807, 2.05) is 0 Å². The number of fused-ring (bicyclic) bond motifs is 5. The predicted molar refractivity (Wildman–Crippen MR) is 90.7 cm³/mol. The van der Waals surface area contributed by atoms with E-state index in [1.165, 1.54) is 25.7 Å². The zero-order chi connectivity index (χ0) is 16.4. The Morgan fingerprint density at radius 2 is 1.48 bits per heavy atom. The first-order chi connectivity index (χ1) is 10.9. The molecule has 0 heterocycles. The first kappa shape index (κ1) is 16.3. The van der Waals surface area contributed by atoms with Crippen LogP contribution in [-0.2, 0) is 0 Å². The van der Waals surface area contributed by atoms with E-state index in [-0.39, 0.29) is 11.3 Å². The molecule has 4 aliphatic carbocycles. The van der Waals surface area contributed by atoms with Crippen molar-refractivity contribution in [1.82, 2.24) is 0 Å². The molecule has 4 fully saturated rings. The van der Waals surface area contributed by atoms with E-state index < -0.39 is 12.3 Å². The van der Waals surface area contributed by atoms with Gasteiger partial charge in [-0.3, -0.25) is 0 Å². The highest BCUT2D eigenvalue weighted by Gasteiger charge is 2.60. The summed E-state index contributed by atoms with van der Waals surface area (Å²) in [6.07, 6.45) is 8.42. The third-order valence-electron chi connectivity index (χ3n) is 9.10. The lowest BCUT2D eigenvalue weighted by Gasteiger charge is -2.63. The average Bonchev–Trinajstić information content (AvgIpc) is 2.52. The third kappa shape index (κ3) is 2.25. The molecule has 0 aromatic rings. The van der Waals surface area contributed by atoms with Crippen LogP contribution >= 0.6 is 0 Å². The highest BCUT2D eigenvalue weighted by Crippen LogP contribution is 2.66. The Kier molecular flexibility index (Phi) is 3.86. The first-order valence-corrected chi connectivity index (χ1v) is 10.1. The Morgan fingerprint density at radius 1 is 0.783 bits per heavy atom. The second-order valence-corrected chi connectivity index (χ2v) is 10.0. The average molecular weight is 324 g/mol. The molecule has 0 amide bonds. The van der Waals surface area contributed by atoms with Crippen LogP contribution in [-0.4, -0.2) is 12.3 Å². The van der Waals surface area contributed by atoms with Crippen molar-refractivity contribution in [2.75, 3.05) is 0 Å². The van der Waals surface area contributed by atoms with Crippen molar-refractivity contribution in [2.24, 2.45) is 40.4 Å². The van der Waals surface area contributed by atoms with Gasteiger partial charge in [-0.05, 0) is 92.8 Å². The maximum atomic E-state index is 15.1. The molecule has 4 rings (SSSR count). The van der Waals surface area contributed by atoms with Crippen LogP contribution in [0.2, 0.25) is 0 Å². The summed E-state index contributed by atoms with van der Waals surface area (Å²) in [5, 5.41) is 0. The van der Waals surface area contributed by atoms with Gasteiger partial charge in [0.25, 0.3) is 0 Å². The molecular weight excluding hydrogens is 290 g/mol.